The van der Waals surface area contributed by atoms with Gasteiger partial charge in [-0.3, -0.25) is 4.99 Å². The van der Waals surface area contributed by atoms with E-state index in [-0.39, 0.29) is 6.04 Å². The summed E-state index contributed by atoms with van der Waals surface area (Å²) in [4.78, 5) is 4.20. The van der Waals surface area contributed by atoms with Crippen LogP contribution in [-0.2, 0) is 13.6 Å². The van der Waals surface area contributed by atoms with Crippen LogP contribution in [0.25, 0.3) is 0 Å². The van der Waals surface area contributed by atoms with E-state index in [0.717, 1.165) is 11.4 Å². The highest BCUT2D eigenvalue weighted by Crippen LogP contribution is 2.25. The van der Waals surface area contributed by atoms with Crippen LogP contribution in [-0.4, -0.2) is 27.8 Å². The Labute approximate surface area is 139 Å². The minimum atomic E-state index is -0.0181. The molecule has 8 heteroatoms. The second-order valence-corrected chi connectivity index (χ2v) is 5.66. The van der Waals surface area contributed by atoms with E-state index in [0.29, 0.717) is 22.5 Å². The number of halogens is 2. The number of benzene rings is 1. The summed E-state index contributed by atoms with van der Waals surface area (Å²) in [5.41, 5.74) is 0.952. The quantitative estimate of drug-likeness (QED) is 0.663. The lowest BCUT2D eigenvalue weighted by atomic mass is 10.1. The van der Waals surface area contributed by atoms with Gasteiger partial charge in [0.15, 0.2) is 11.8 Å². The summed E-state index contributed by atoms with van der Waals surface area (Å²) in [5, 5.41) is 15.6. The normalized spacial score (nSPS) is 13.0. The molecule has 0 unspecified atom stereocenters. The fourth-order valence-electron chi connectivity index (χ4n) is 1.96. The van der Waals surface area contributed by atoms with Gasteiger partial charge >= 0.3 is 0 Å². The Morgan fingerprint density at radius 3 is 2.77 bits per heavy atom. The molecule has 0 aliphatic carbocycles. The van der Waals surface area contributed by atoms with E-state index in [1.54, 1.807) is 19.4 Å². The Hall–Kier alpha value is -1.79. The fourth-order valence-corrected chi connectivity index (χ4v) is 2.53. The molecule has 0 spiro atoms. The molecule has 2 rings (SSSR count). The van der Waals surface area contributed by atoms with E-state index in [2.05, 4.69) is 25.8 Å². The molecule has 118 valence electrons. The predicted octanol–water partition coefficient (Wildman–Crippen LogP) is 2.55. The van der Waals surface area contributed by atoms with Crippen molar-refractivity contribution in [3.8, 4) is 0 Å². The number of aromatic nitrogens is 3. The van der Waals surface area contributed by atoms with Gasteiger partial charge in [-0.1, -0.05) is 29.3 Å². The zero-order chi connectivity index (χ0) is 16.1. The summed E-state index contributed by atoms with van der Waals surface area (Å²) in [5.74, 6) is 1.47. The van der Waals surface area contributed by atoms with Crippen molar-refractivity contribution in [2.45, 2.75) is 19.5 Å². The Morgan fingerprint density at radius 2 is 2.18 bits per heavy atom. The number of aryl methyl sites for hydroxylation is 1. The van der Waals surface area contributed by atoms with Crippen molar-refractivity contribution in [2.24, 2.45) is 12.0 Å². The zero-order valence-corrected chi connectivity index (χ0v) is 14.2. The molecule has 0 amide bonds. The fraction of sp³-hybridized carbons (Fsp3) is 0.357. The van der Waals surface area contributed by atoms with Crippen LogP contribution in [0.3, 0.4) is 0 Å². The van der Waals surface area contributed by atoms with E-state index < -0.39 is 0 Å². The van der Waals surface area contributed by atoms with Gasteiger partial charge in [-0.25, -0.2) is 0 Å². The lowest BCUT2D eigenvalue weighted by Gasteiger charge is -2.19. The Bertz CT molecular complexity index is 667. The highest BCUT2D eigenvalue weighted by Gasteiger charge is 2.12. The molecule has 22 heavy (non-hydrogen) atoms. The molecule has 0 radical (unpaired) electrons. The summed E-state index contributed by atoms with van der Waals surface area (Å²) >= 11 is 12.1. The van der Waals surface area contributed by atoms with Crippen LogP contribution in [0.1, 0.15) is 24.4 Å². The van der Waals surface area contributed by atoms with Gasteiger partial charge in [0.1, 0.15) is 6.33 Å². The maximum absolute atomic E-state index is 6.22. The number of hydrogen-bond donors (Lipinski definition) is 2. The van der Waals surface area contributed by atoms with Gasteiger partial charge in [-0.2, -0.15) is 0 Å². The Kier molecular flexibility index (Phi) is 5.63. The molecule has 0 saturated carbocycles. The minimum Gasteiger partial charge on any atom is -0.350 e. The first-order valence-corrected chi connectivity index (χ1v) is 7.52. The lowest BCUT2D eigenvalue weighted by Crippen LogP contribution is -2.38. The molecule has 1 aromatic carbocycles. The van der Waals surface area contributed by atoms with Crippen molar-refractivity contribution >= 4 is 29.2 Å². The first-order chi connectivity index (χ1) is 10.5. The van der Waals surface area contributed by atoms with E-state index in [1.807, 2.05) is 30.7 Å². The third kappa shape index (κ3) is 4.11. The molecule has 0 fully saturated rings. The molecule has 0 saturated heterocycles. The van der Waals surface area contributed by atoms with E-state index in [9.17, 15) is 0 Å². The molecule has 0 aliphatic heterocycles. The molecule has 1 aromatic heterocycles. The van der Waals surface area contributed by atoms with E-state index in [4.69, 9.17) is 23.2 Å². The Balaban J connectivity index is 1.99. The minimum absolute atomic E-state index is 0.0181. The van der Waals surface area contributed by atoms with Gasteiger partial charge in [0.05, 0.1) is 12.6 Å². The van der Waals surface area contributed by atoms with Gasteiger partial charge in [0.25, 0.3) is 0 Å². The van der Waals surface area contributed by atoms with Crippen LogP contribution in [0.5, 0.6) is 0 Å². The van der Waals surface area contributed by atoms with Gasteiger partial charge in [0.2, 0.25) is 0 Å². The second kappa shape index (κ2) is 7.47. The van der Waals surface area contributed by atoms with Crippen LogP contribution in [0.4, 0.5) is 0 Å². The van der Waals surface area contributed by atoms with Crippen LogP contribution in [0.15, 0.2) is 29.5 Å². The van der Waals surface area contributed by atoms with E-state index >= 15 is 0 Å². The van der Waals surface area contributed by atoms with Crippen molar-refractivity contribution in [1.29, 1.82) is 0 Å². The number of nitrogens with one attached hydrogen (secondary N) is 2. The number of aliphatic imine (C=N–C) groups is 1. The summed E-state index contributed by atoms with van der Waals surface area (Å²) in [6.07, 6.45) is 1.66. The SMILES string of the molecule is CN=C(NCc1nncn1C)N[C@@H](C)c1ccc(Cl)cc1Cl. The Morgan fingerprint density at radius 1 is 1.41 bits per heavy atom. The first-order valence-electron chi connectivity index (χ1n) is 6.76. The highest BCUT2D eigenvalue weighted by molar-refractivity contribution is 6.35. The zero-order valence-electron chi connectivity index (χ0n) is 12.6. The first kappa shape index (κ1) is 16.6. The molecule has 0 bridgehead atoms. The van der Waals surface area contributed by atoms with Crippen LogP contribution < -0.4 is 10.6 Å². The van der Waals surface area contributed by atoms with Crippen LogP contribution in [0, 0.1) is 0 Å². The third-order valence-corrected chi connectivity index (χ3v) is 3.79. The number of rotatable bonds is 4. The third-order valence-electron chi connectivity index (χ3n) is 3.22. The largest absolute Gasteiger partial charge is 0.350 e. The van der Waals surface area contributed by atoms with Crippen LogP contribution in [0.2, 0.25) is 10.0 Å². The smallest absolute Gasteiger partial charge is 0.191 e. The molecule has 1 atom stereocenters. The number of guanidine groups is 1. The lowest BCUT2D eigenvalue weighted by molar-refractivity contribution is 0.669. The molecule has 2 N–H and O–H groups in total. The predicted molar refractivity (Wildman–Crippen MR) is 89.2 cm³/mol. The molecule has 2 aromatic rings. The average molecular weight is 341 g/mol. The standard InChI is InChI=1S/C14H18Cl2N6/c1-9(11-5-4-10(15)6-12(11)16)20-14(17-2)18-7-13-21-19-8-22(13)3/h4-6,8-9H,7H2,1-3H3,(H2,17,18,20)/t9-/m0/s1. The van der Waals surface area contributed by atoms with Gasteiger partial charge < -0.3 is 15.2 Å². The summed E-state index contributed by atoms with van der Waals surface area (Å²) in [6.45, 7) is 2.53. The molecule has 0 aliphatic rings. The molecular formula is C14H18Cl2N6. The molecule has 1 heterocycles. The van der Waals surface area contributed by atoms with Gasteiger partial charge in [0, 0.05) is 24.1 Å². The maximum atomic E-state index is 6.22. The molecule has 6 nitrogen and oxygen atoms in total. The summed E-state index contributed by atoms with van der Waals surface area (Å²) in [7, 11) is 3.60. The number of nitrogens with zero attached hydrogens (tertiary/aromatic N) is 4. The van der Waals surface area contributed by atoms with Crippen molar-refractivity contribution in [3.05, 3.63) is 46.0 Å². The van der Waals surface area contributed by atoms with Crippen LogP contribution >= 0.6 is 23.2 Å². The average Bonchev–Trinajstić information content (AvgIpc) is 2.88. The van der Waals surface area contributed by atoms with Crippen molar-refractivity contribution < 1.29 is 0 Å². The topological polar surface area (TPSA) is 67.1 Å². The van der Waals surface area contributed by atoms with E-state index in [1.165, 1.54) is 0 Å². The summed E-state index contributed by atoms with van der Waals surface area (Å²) in [6, 6.07) is 5.43. The maximum Gasteiger partial charge on any atom is 0.191 e. The second-order valence-electron chi connectivity index (χ2n) is 4.82. The number of hydrogen-bond acceptors (Lipinski definition) is 3. The summed E-state index contributed by atoms with van der Waals surface area (Å²) < 4.78 is 1.85. The van der Waals surface area contributed by atoms with Gasteiger partial charge in [-0.15, -0.1) is 10.2 Å². The highest BCUT2D eigenvalue weighted by atomic mass is 35.5. The molecular weight excluding hydrogens is 323 g/mol. The monoisotopic (exact) mass is 340 g/mol. The van der Waals surface area contributed by atoms with Crippen molar-refractivity contribution in [1.82, 2.24) is 25.4 Å². The van der Waals surface area contributed by atoms with Gasteiger partial charge in [-0.05, 0) is 24.6 Å². The van der Waals surface area contributed by atoms with Crippen molar-refractivity contribution in [3.63, 3.8) is 0 Å². The van der Waals surface area contributed by atoms with Crippen molar-refractivity contribution in [2.75, 3.05) is 7.05 Å².